The van der Waals surface area contributed by atoms with Crippen molar-refractivity contribution in [2.75, 3.05) is 0 Å². The SMILES string of the molecule is CC(=O)[O-].CC(=O)[O-].CC(=O)[O-].CC(=O)[O-].CC(=O)[O-].CC(=O)[O-].CC(=O)[O-].CC(=O)[O-].[Pb+2].[U+6]. The first-order valence-corrected chi connectivity index (χ1v) is 7.27. The summed E-state index contributed by atoms with van der Waals surface area (Å²) >= 11 is 0. The predicted octanol–water partition coefficient (Wildman–Crippen LogP) is -10.3. The smallest absolute Gasteiger partial charge is 0.550 e. The van der Waals surface area contributed by atoms with Crippen LogP contribution in [0.5, 0.6) is 0 Å². The van der Waals surface area contributed by atoms with Gasteiger partial charge in [-0.2, -0.15) is 0 Å². The Balaban J connectivity index is -0.0000000240. The number of rotatable bonds is 0. The summed E-state index contributed by atoms with van der Waals surface area (Å²) in [5.41, 5.74) is 0. The zero-order valence-electron chi connectivity index (χ0n) is 19.5. The molecular formula is C16H24O16PbU. The summed E-state index contributed by atoms with van der Waals surface area (Å²) in [4.78, 5) is 71.1. The summed E-state index contributed by atoms with van der Waals surface area (Å²) in [6.45, 7) is 7.78. The van der Waals surface area contributed by atoms with Crippen LogP contribution in [0.3, 0.4) is 0 Å². The first kappa shape index (κ1) is 63.5. The van der Waals surface area contributed by atoms with Gasteiger partial charge < -0.3 is 79.2 Å². The minimum absolute atomic E-state index is 0. The fourth-order valence-electron chi connectivity index (χ4n) is 0. The molecule has 0 bridgehead atoms. The summed E-state index contributed by atoms with van der Waals surface area (Å²) in [5, 5.41) is 71.1. The standard InChI is InChI=1S/8C2H4O2.Pb.U/c8*1-2(3)4;;/h8*1H3,(H,3,4);;/q;;;;;;;;+2;+6/p-8. The zero-order valence-corrected chi connectivity index (χ0v) is 27.6. The van der Waals surface area contributed by atoms with Crippen LogP contribution in [0.25, 0.3) is 0 Å². The molecule has 0 aromatic rings. The van der Waals surface area contributed by atoms with Gasteiger partial charge in [0.25, 0.3) is 0 Å². The van der Waals surface area contributed by atoms with Crippen LogP contribution in [0.15, 0.2) is 0 Å². The quantitative estimate of drug-likeness (QED) is 0.204. The van der Waals surface area contributed by atoms with Gasteiger partial charge in [0.1, 0.15) is 0 Å². The van der Waals surface area contributed by atoms with Crippen LogP contribution in [0.4, 0.5) is 0 Å². The van der Waals surface area contributed by atoms with Crippen LogP contribution >= 0.6 is 0 Å². The van der Waals surface area contributed by atoms with E-state index in [1.54, 1.807) is 0 Å². The second kappa shape index (κ2) is 57.5. The Morgan fingerprint density at radius 2 is 0.294 bits per heavy atom. The molecule has 0 aliphatic heterocycles. The van der Waals surface area contributed by atoms with Gasteiger partial charge in [-0.15, -0.1) is 0 Å². The molecule has 0 spiro atoms. The average molecular weight is 918 g/mol. The molecule has 192 valence electrons. The van der Waals surface area contributed by atoms with Gasteiger partial charge >= 0.3 is 58.4 Å². The summed E-state index contributed by atoms with van der Waals surface area (Å²) in [6, 6.07) is 0. The number of aliphatic carboxylic acids is 8. The van der Waals surface area contributed by atoms with Crippen molar-refractivity contribution in [3.05, 3.63) is 0 Å². The van der Waals surface area contributed by atoms with Crippen LogP contribution in [-0.4, -0.2) is 75.1 Å². The third kappa shape index (κ3) is 4780. The molecule has 0 amide bonds. The van der Waals surface area contributed by atoms with Crippen molar-refractivity contribution in [1.29, 1.82) is 0 Å². The third-order valence-corrected chi connectivity index (χ3v) is 0. The van der Waals surface area contributed by atoms with E-state index in [1.165, 1.54) is 0 Å². The largest absolute Gasteiger partial charge is 6.00 e. The van der Waals surface area contributed by atoms with Gasteiger partial charge in [-0.3, -0.25) is 0 Å². The van der Waals surface area contributed by atoms with Crippen molar-refractivity contribution in [1.82, 2.24) is 0 Å². The van der Waals surface area contributed by atoms with Crippen LogP contribution in [-0.2, 0) is 38.4 Å². The zero-order chi connectivity index (χ0) is 28.6. The van der Waals surface area contributed by atoms with Crippen molar-refractivity contribution in [3.8, 4) is 0 Å². The Labute approximate surface area is 239 Å². The molecule has 0 aromatic carbocycles. The van der Waals surface area contributed by atoms with Crippen molar-refractivity contribution >= 4 is 75.1 Å². The maximum atomic E-state index is 8.89. The van der Waals surface area contributed by atoms with E-state index in [9.17, 15) is 0 Å². The molecule has 18 heteroatoms. The van der Waals surface area contributed by atoms with Crippen LogP contribution in [0.2, 0.25) is 0 Å². The number of carbonyl (C=O) groups excluding carboxylic acids is 8. The Hall–Kier alpha value is -2.27. The summed E-state index contributed by atoms with van der Waals surface area (Å²) < 4.78 is 0. The van der Waals surface area contributed by atoms with Gasteiger partial charge in [-0.1, -0.05) is 0 Å². The van der Waals surface area contributed by atoms with E-state index in [2.05, 4.69) is 0 Å². The molecular weight excluding hydrogens is 893 g/mol. The van der Waals surface area contributed by atoms with Gasteiger partial charge in [0.05, 0.1) is 0 Å². The minimum atomic E-state index is -1.08. The summed E-state index contributed by atoms with van der Waals surface area (Å²) in [5.74, 6) is -8.67. The molecule has 0 heterocycles. The van der Waals surface area contributed by atoms with E-state index in [1.807, 2.05) is 0 Å². The monoisotopic (exact) mass is 918 g/mol. The Bertz CT molecular complexity index is 373. The van der Waals surface area contributed by atoms with Gasteiger partial charge in [-0.05, 0) is 55.4 Å². The predicted molar refractivity (Wildman–Crippen MR) is 91.2 cm³/mol. The summed E-state index contributed by atoms with van der Waals surface area (Å²) in [6.07, 6.45) is 0. The van der Waals surface area contributed by atoms with Gasteiger partial charge in [-0.25, -0.2) is 0 Å². The number of hydrogen-bond donors (Lipinski definition) is 0. The molecule has 0 unspecified atom stereocenters. The number of carboxylic acid groups (broad SMARTS) is 8. The van der Waals surface area contributed by atoms with Crippen molar-refractivity contribution in [2.45, 2.75) is 55.4 Å². The van der Waals surface area contributed by atoms with Gasteiger partial charge in [0.2, 0.25) is 0 Å². The van der Waals surface area contributed by atoms with Crippen molar-refractivity contribution < 1.29 is 110 Å². The molecule has 0 aliphatic rings. The van der Waals surface area contributed by atoms with E-state index >= 15 is 0 Å². The van der Waals surface area contributed by atoms with E-state index in [-0.39, 0.29) is 58.4 Å². The Morgan fingerprint density at radius 1 is 0.294 bits per heavy atom. The summed E-state index contributed by atoms with van der Waals surface area (Å²) in [7, 11) is 0. The number of hydrogen-bond acceptors (Lipinski definition) is 16. The second-order valence-electron chi connectivity index (χ2n) is 3.93. The Kier molecular flexibility index (Phi) is 107. The average Bonchev–Trinajstić information content (AvgIpc) is 2.30. The third-order valence-electron chi connectivity index (χ3n) is 0. The van der Waals surface area contributed by atoms with Gasteiger partial charge in [0.15, 0.2) is 0 Å². The minimum Gasteiger partial charge on any atom is -0.550 e. The number of carbonyl (C=O) groups is 8. The fourth-order valence-corrected chi connectivity index (χ4v) is 0. The molecule has 0 aromatic heterocycles. The second-order valence-corrected chi connectivity index (χ2v) is 3.93. The topological polar surface area (TPSA) is 321 Å². The molecule has 0 saturated heterocycles. The molecule has 16 nitrogen and oxygen atoms in total. The van der Waals surface area contributed by atoms with E-state index in [0.717, 1.165) is 55.4 Å². The fraction of sp³-hybridized carbons (Fsp3) is 0.500. The van der Waals surface area contributed by atoms with Crippen molar-refractivity contribution in [2.24, 2.45) is 0 Å². The first-order chi connectivity index (χ1) is 13.9. The first-order valence-electron chi connectivity index (χ1n) is 7.27. The molecule has 0 aliphatic carbocycles. The number of carboxylic acids is 8. The van der Waals surface area contributed by atoms with Crippen LogP contribution < -0.4 is 40.9 Å². The van der Waals surface area contributed by atoms with Crippen LogP contribution in [0, 0.1) is 31.1 Å². The van der Waals surface area contributed by atoms with E-state index < -0.39 is 47.8 Å². The molecule has 0 rings (SSSR count). The molecule has 34 heavy (non-hydrogen) atoms. The van der Waals surface area contributed by atoms with E-state index in [4.69, 9.17) is 79.2 Å². The molecule has 0 N–H and O–H groups in total. The molecule has 0 saturated carbocycles. The molecule has 2 radical (unpaired) electrons. The maximum Gasteiger partial charge on any atom is 6.00 e. The Morgan fingerprint density at radius 3 is 0.294 bits per heavy atom. The molecule has 0 fully saturated rings. The van der Waals surface area contributed by atoms with Crippen molar-refractivity contribution in [3.63, 3.8) is 0 Å². The molecule has 0 atom stereocenters. The normalized spacial score (nSPS) is 5.88. The van der Waals surface area contributed by atoms with E-state index in [0.29, 0.717) is 0 Å². The maximum absolute atomic E-state index is 8.89. The van der Waals surface area contributed by atoms with Crippen LogP contribution in [0.1, 0.15) is 55.4 Å². The van der Waals surface area contributed by atoms with Gasteiger partial charge in [0, 0.05) is 47.8 Å².